The first-order chi connectivity index (χ1) is 9.06. The Balaban J connectivity index is 2.25. The molecule has 0 bridgehead atoms. The molecule has 2 N–H and O–H groups in total. The first-order valence-corrected chi connectivity index (χ1v) is 6.91. The van der Waals surface area contributed by atoms with Gasteiger partial charge in [-0.05, 0) is 24.3 Å². The van der Waals surface area contributed by atoms with E-state index in [9.17, 15) is 9.50 Å². The SMILES string of the molecule is C[NH+](C)Cc1ccccc1Sc1ccc(F)c(O)c1. The summed E-state index contributed by atoms with van der Waals surface area (Å²) in [5.41, 5.74) is 1.25. The molecule has 0 aliphatic rings. The molecular formula is C15H17FNOS+. The van der Waals surface area contributed by atoms with Crippen LogP contribution in [-0.4, -0.2) is 19.2 Å². The Labute approximate surface area is 116 Å². The molecule has 0 aromatic heterocycles. The van der Waals surface area contributed by atoms with Gasteiger partial charge in [-0.2, -0.15) is 0 Å². The smallest absolute Gasteiger partial charge is 0.164 e. The Bertz CT molecular complexity index is 572. The summed E-state index contributed by atoms with van der Waals surface area (Å²) in [6.45, 7) is 0.927. The number of hydrogen-bond donors (Lipinski definition) is 2. The number of quaternary nitrogens is 1. The Hall–Kier alpha value is -1.52. The zero-order chi connectivity index (χ0) is 13.8. The van der Waals surface area contributed by atoms with Crippen LogP contribution in [0.5, 0.6) is 5.75 Å². The van der Waals surface area contributed by atoms with E-state index in [1.807, 2.05) is 18.2 Å². The fourth-order valence-electron chi connectivity index (χ4n) is 1.81. The second-order valence-corrected chi connectivity index (χ2v) is 5.82. The van der Waals surface area contributed by atoms with E-state index in [2.05, 4.69) is 20.2 Å². The Morgan fingerprint density at radius 1 is 1.16 bits per heavy atom. The number of rotatable bonds is 4. The molecule has 0 aliphatic carbocycles. The van der Waals surface area contributed by atoms with E-state index < -0.39 is 5.82 Å². The van der Waals surface area contributed by atoms with E-state index in [-0.39, 0.29) is 5.75 Å². The molecule has 100 valence electrons. The molecular weight excluding hydrogens is 261 g/mol. The van der Waals surface area contributed by atoms with Crippen LogP contribution in [0.4, 0.5) is 4.39 Å². The van der Waals surface area contributed by atoms with Gasteiger partial charge in [0.15, 0.2) is 11.6 Å². The van der Waals surface area contributed by atoms with Crippen LogP contribution in [-0.2, 0) is 6.54 Å². The van der Waals surface area contributed by atoms with Crippen LogP contribution in [0.1, 0.15) is 5.56 Å². The topological polar surface area (TPSA) is 24.7 Å². The summed E-state index contributed by atoms with van der Waals surface area (Å²) >= 11 is 1.54. The highest BCUT2D eigenvalue weighted by molar-refractivity contribution is 7.99. The molecule has 0 amide bonds. The van der Waals surface area contributed by atoms with Crippen LogP contribution in [0.25, 0.3) is 0 Å². The summed E-state index contributed by atoms with van der Waals surface area (Å²) in [5, 5.41) is 9.40. The van der Waals surface area contributed by atoms with Gasteiger partial charge in [-0.1, -0.05) is 30.0 Å². The quantitative estimate of drug-likeness (QED) is 0.897. The summed E-state index contributed by atoms with van der Waals surface area (Å²) in [6, 6.07) is 12.6. The van der Waals surface area contributed by atoms with Gasteiger partial charge in [0.05, 0.1) is 14.1 Å². The third-order valence-electron chi connectivity index (χ3n) is 2.66. The van der Waals surface area contributed by atoms with Gasteiger partial charge in [0.2, 0.25) is 0 Å². The van der Waals surface area contributed by atoms with Crippen molar-refractivity contribution in [2.45, 2.75) is 16.3 Å². The Morgan fingerprint density at radius 2 is 1.89 bits per heavy atom. The molecule has 0 saturated heterocycles. The first kappa shape index (κ1) is 13.9. The molecule has 0 radical (unpaired) electrons. The number of hydrogen-bond acceptors (Lipinski definition) is 2. The number of nitrogens with one attached hydrogen (secondary N) is 1. The second-order valence-electron chi connectivity index (χ2n) is 4.71. The fourth-order valence-corrected chi connectivity index (χ4v) is 2.79. The van der Waals surface area contributed by atoms with Crippen molar-refractivity contribution in [2.24, 2.45) is 0 Å². The molecule has 2 aromatic rings. The zero-order valence-electron chi connectivity index (χ0n) is 11.0. The van der Waals surface area contributed by atoms with Crippen molar-refractivity contribution in [1.29, 1.82) is 0 Å². The van der Waals surface area contributed by atoms with Gasteiger partial charge in [0, 0.05) is 15.4 Å². The van der Waals surface area contributed by atoms with Crippen LogP contribution in [0, 0.1) is 5.82 Å². The normalized spacial score (nSPS) is 10.9. The number of halogens is 1. The van der Waals surface area contributed by atoms with Crippen molar-refractivity contribution in [3.8, 4) is 5.75 Å². The van der Waals surface area contributed by atoms with E-state index in [1.165, 1.54) is 34.4 Å². The standard InChI is InChI=1S/C15H16FNOS/c1-17(2)10-11-5-3-4-6-15(11)19-12-7-8-13(16)14(18)9-12/h3-9,18H,10H2,1-2H3/p+1. The number of phenols is 1. The molecule has 0 saturated carbocycles. The average molecular weight is 278 g/mol. The Kier molecular flexibility index (Phi) is 4.45. The monoisotopic (exact) mass is 278 g/mol. The largest absolute Gasteiger partial charge is 0.505 e. The van der Waals surface area contributed by atoms with Crippen LogP contribution in [0.3, 0.4) is 0 Å². The highest BCUT2D eigenvalue weighted by atomic mass is 32.2. The van der Waals surface area contributed by atoms with Crippen LogP contribution in [0.15, 0.2) is 52.3 Å². The molecule has 19 heavy (non-hydrogen) atoms. The van der Waals surface area contributed by atoms with Gasteiger partial charge in [-0.15, -0.1) is 0 Å². The maximum atomic E-state index is 13.0. The van der Waals surface area contributed by atoms with Gasteiger partial charge < -0.3 is 10.0 Å². The lowest BCUT2D eigenvalue weighted by Crippen LogP contribution is -3.04. The van der Waals surface area contributed by atoms with Gasteiger partial charge in [0.1, 0.15) is 6.54 Å². The van der Waals surface area contributed by atoms with Crippen molar-refractivity contribution >= 4 is 11.8 Å². The van der Waals surface area contributed by atoms with Crippen molar-refractivity contribution in [1.82, 2.24) is 0 Å². The lowest BCUT2D eigenvalue weighted by molar-refractivity contribution is -0.872. The molecule has 0 aliphatic heterocycles. The maximum absolute atomic E-state index is 13.0. The van der Waals surface area contributed by atoms with Crippen LogP contribution >= 0.6 is 11.8 Å². The highest BCUT2D eigenvalue weighted by Gasteiger charge is 2.08. The Morgan fingerprint density at radius 3 is 2.58 bits per heavy atom. The first-order valence-electron chi connectivity index (χ1n) is 6.09. The minimum absolute atomic E-state index is 0.305. The molecule has 0 atom stereocenters. The summed E-state index contributed by atoms with van der Waals surface area (Å²) in [7, 11) is 4.20. The van der Waals surface area contributed by atoms with E-state index in [1.54, 1.807) is 6.07 Å². The molecule has 0 spiro atoms. The summed E-state index contributed by atoms with van der Waals surface area (Å²) in [4.78, 5) is 3.31. The van der Waals surface area contributed by atoms with Gasteiger partial charge >= 0.3 is 0 Å². The molecule has 0 heterocycles. The molecule has 2 nitrogen and oxygen atoms in total. The maximum Gasteiger partial charge on any atom is 0.164 e. The van der Waals surface area contributed by atoms with Crippen LogP contribution in [0.2, 0.25) is 0 Å². The summed E-state index contributed by atoms with van der Waals surface area (Å²) < 4.78 is 13.0. The molecule has 2 rings (SSSR count). The second kappa shape index (κ2) is 6.08. The number of phenolic OH excluding ortho intramolecular Hbond substituents is 1. The summed E-state index contributed by atoms with van der Waals surface area (Å²) in [5.74, 6) is -0.893. The van der Waals surface area contributed by atoms with Crippen LogP contribution < -0.4 is 4.90 Å². The molecule has 4 heteroatoms. The summed E-state index contributed by atoms with van der Waals surface area (Å²) in [6.07, 6.45) is 0. The number of benzene rings is 2. The van der Waals surface area contributed by atoms with E-state index >= 15 is 0 Å². The van der Waals surface area contributed by atoms with Gasteiger partial charge in [-0.25, -0.2) is 4.39 Å². The molecule has 0 unspecified atom stereocenters. The number of aromatic hydroxyl groups is 1. The lowest BCUT2D eigenvalue weighted by atomic mass is 10.2. The zero-order valence-corrected chi connectivity index (χ0v) is 11.8. The molecule has 2 aromatic carbocycles. The minimum Gasteiger partial charge on any atom is -0.505 e. The van der Waals surface area contributed by atoms with E-state index in [0.29, 0.717) is 0 Å². The van der Waals surface area contributed by atoms with Crippen molar-refractivity contribution in [3.05, 3.63) is 53.8 Å². The predicted octanol–water partition coefficient (Wildman–Crippen LogP) is 2.33. The third-order valence-corrected chi connectivity index (χ3v) is 3.77. The third kappa shape index (κ3) is 3.72. The van der Waals surface area contributed by atoms with E-state index in [0.717, 1.165) is 16.3 Å². The van der Waals surface area contributed by atoms with Crippen molar-refractivity contribution in [2.75, 3.05) is 14.1 Å². The minimum atomic E-state index is -0.588. The van der Waals surface area contributed by atoms with E-state index in [4.69, 9.17) is 0 Å². The van der Waals surface area contributed by atoms with Gasteiger partial charge in [0.25, 0.3) is 0 Å². The average Bonchev–Trinajstić information content (AvgIpc) is 2.36. The van der Waals surface area contributed by atoms with Crippen molar-refractivity contribution < 1.29 is 14.4 Å². The predicted molar refractivity (Wildman–Crippen MR) is 75.1 cm³/mol. The van der Waals surface area contributed by atoms with Gasteiger partial charge in [-0.3, -0.25) is 0 Å². The lowest BCUT2D eigenvalue weighted by Gasteiger charge is -2.12. The fraction of sp³-hybridized carbons (Fsp3) is 0.200. The molecule has 0 fully saturated rings. The highest BCUT2D eigenvalue weighted by Crippen LogP contribution is 2.32. The van der Waals surface area contributed by atoms with Crippen molar-refractivity contribution in [3.63, 3.8) is 0 Å².